The average Bonchev–Trinajstić information content (AvgIpc) is 1.82. The molecule has 0 atom stereocenters. The van der Waals surface area contributed by atoms with Gasteiger partial charge in [0.05, 0.1) is 4.86 Å². The molecule has 0 aromatic rings. The number of rotatable bonds is 2. The molecule has 0 rings (SSSR count). The van der Waals surface area contributed by atoms with Gasteiger partial charge in [-0.25, -0.2) is 0 Å². The lowest BCUT2D eigenvalue weighted by atomic mass is 10.4. The molecule has 0 N–H and O–H groups in total. The van der Waals surface area contributed by atoms with Gasteiger partial charge < -0.3 is 0 Å². The smallest absolute Gasteiger partial charge is 0.184 e. The minimum Gasteiger partial charge on any atom is -0.184 e. The van der Waals surface area contributed by atoms with Gasteiger partial charge in [-0.2, -0.15) is 8.42 Å². The highest BCUT2D eigenvalue weighted by molar-refractivity contribution is 7.73. The zero-order valence-electron chi connectivity index (χ0n) is 5.16. The molecular formula is C6H8O2S. The van der Waals surface area contributed by atoms with Crippen molar-refractivity contribution in [1.82, 2.24) is 0 Å². The van der Waals surface area contributed by atoms with Crippen LogP contribution in [0.15, 0.2) is 24.8 Å². The molecule has 0 bridgehead atoms. The van der Waals surface area contributed by atoms with E-state index in [-0.39, 0.29) is 4.86 Å². The van der Waals surface area contributed by atoms with Crippen molar-refractivity contribution in [3.8, 4) is 0 Å². The lowest BCUT2D eigenvalue weighted by Gasteiger charge is -1.77. The van der Waals surface area contributed by atoms with Gasteiger partial charge in [0, 0.05) is 0 Å². The minimum atomic E-state index is -2.14. The highest BCUT2D eigenvalue weighted by Gasteiger charge is 1.83. The first-order valence-electron chi connectivity index (χ1n) is 2.43. The Morgan fingerprint density at radius 2 is 2.11 bits per heavy atom. The Labute approximate surface area is 56.0 Å². The van der Waals surface area contributed by atoms with Crippen molar-refractivity contribution in [1.29, 1.82) is 0 Å². The molecule has 0 aliphatic carbocycles. The van der Waals surface area contributed by atoms with E-state index in [9.17, 15) is 8.42 Å². The summed E-state index contributed by atoms with van der Waals surface area (Å²) in [6.07, 6.45) is 4.42. The fourth-order valence-electron chi connectivity index (χ4n) is 0.356. The SMILES string of the molecule is C=CC(C=CC)=S(=O)=O. The molecule has 0 amide bonds. The van der Waals surface area contributed by atoms with Crippen molar-refractivity contribution in [2.45, 2.75) is 6.92 Å². The number of hydrogen-bond donors (Lipinski definition) is 0. The molecule has 0 aliphatic rings. The maximum Gasteiger partial charge on any atom is 0.221 e. The van der Waals surface area contributed by atoms with Crippen molar-refractivity contribution in [2.24, 2.45) is 0 Å². The van der Waals surface area contributed by atoms with Crippen LogP contribution in [0, 0.1) is 0 Å². The minimum absolute atomic E-state index is 0.220. The largest absolute Gasteiger partial charge is 0.221 e. The van der Waals surface area contributed by atoms with E-state index in [1.807, 2.05) is 0 Å². The highest BCUT2D eigenvalue weighted by atomic mass is 32.2. The van der Waals surface area contributed by atoms with Gasteiger partial charge in [0.1, 0.15) is 0 Å². The molecule has 0 spiro atoms. The van der Waals surface area contributed by atoms with Gasteiger partial charge in [-0.1, -0.05) is 12.7 Å². The summed E-state index contributed by atoms with van der Waals surface area (Å²) in [4.78, 5) is 0.220. The fraction of sp³-hybridized carbons (Fsp3) is 0.167. The summed E-state index contributed by atoms with van der Waals surface area (Å²) in [5, 5.41) is 0. The number of allylic oxidation sites excluding steroid dienone is 3. The maximum atomic E-state index is 10.2. The van der Waals surface area contributed by atoms with E-state index in [1.54, 1.807) is 13.0 Å². The third-order valence-electron chi connectivity index (χ3n) is 0.725. The van der Waals surface area contributed by atoms with E-state index in [0.717, 1.165) is 0 Å². The van der Waals surface area contributed by atoms with E-state index in [0.29, 0.717) is 0 Å². The van der Waals surface area contributed by atoms with Crippen LogP contribution in [0.4, 0.5) is 0 Å². The summed E-state index contributed by atoms with van der Waals surface area (Å²) in [7, 11) is -2.14. The second-order valence-corrected chi connectivity index (χ2v) is 2.28. The van der Waals surface area contributed by atoms with E-state index in [4.69, 9.17) is 0 Å². The summed E-state index contributed by atoms with van der Waals surface area (Å²) in [5.74, 6) is 0. The molecule has 0 saturated carbocycles. The average molecular weight is 144 g/mol. The van der Waals surface area contributed by atoms with Gasteiger partial charge in [0.25, 0.3) is 0 Å². The normalized spacial score (nSPS) is 9.44. The third-order valence-corrected chi connectivity index (χ3v) is 1.41. The summed E-state index contributed by atoms with van der Waals surface area (Å²) < 4.78 is 20.3. The molecule has 0 aromatic heterocycles. The van der Waals surface area contributed by atoms with Crippen molar-refractivity contribution in [2.75, 3.05) is 0 Å². The predicted molar refractivity (Wildman–Crippen MR) is 38.9 cm³/mol. The molecule has 0 radical (unpaired) electrons. The van der Waals surface area contributed by atoms with Gasteiger partial charge in [-0.15, -0.1) is 0 Å². The summed E-state index contributed by atoms with van der Waals surface area (Å²) in [6.45, 7) is 5.07. The molecule has 0 fully saturated rings. The molecule has 9 heavy (non-hydrogen) atoms. The monoisotopic (exact) mass is 144 g/mol. The summed E-state index contributed by atoms with van der Waals surface area (Å²) in [5.41, 5.74) is 0. The van der Waals surface area contributed by atoms with Crippen molar-refractivity contribution in [3.63, 3.8) is 0 Å². The molecule has 0 saturated heterocycles. The van der Waals surface area contributed by atoms with Gasteiger partial charge in [-0.05, 0) is 19.1 Å². The Balaban J connectivity index is 4.79. The molecule has 0 aromatic carbocycles. The molecule has 2 nitrogen and oxygen atoms in total. The molecule has 0 unspecified atom stereocenters. The Kier molecular flexibility index (Phi) is 3.71. The standard InChI is InChI=1S/C6H8O2S/c1-3-5-6(4-2)9(7)8/h3-5H,2H2,1H3. The van der Waals surface area contributed by atoms with Crippen LogP contribution in [0.2, 0.25) is 0 Å². The van der Waals surface area contributed by atoms with Crippen LogP contribution < -0.4 is 0 Å². The topological polar surface area (TPSA) is 34.1 Å². The van der Waals surface area contributed by atoms with Crippen LogP contribution in [-0.2, 0) is 10.3 Å². The van der Waals surface area contributed by atoms with Crippen molar-refractivity contribution < 1.29 is 8.42 Å². The molecule has 0 aliphatic heterocycles. The molecular weight excluding hydrogens is 136 g/mol. The fourth-order valence-corrected chi connectivity index (χ4v) is 0.739. The second kappa shape index (κ2) is 4.09. The Bertz CT molecular complexity index is 236. The quantitative estimate of drug-likeness (QED) is 0.424. The Morgan fingerprint density at radius 3 is 2.22 bits per heavy atom. The molecule has 50 valence electrons. The molecule has 3 heteroatoms. The van der Waals surface area contributed by atoms with Crippen molar-refractivity contribution >= 4 is 15.2 Å². The second-order valence-electron chi connectivity index (χ2n) is 1.34. The van der Waals surface area contributed by atoms with Gasteiger partial charge in [0.15, 0.2) is 0 Å². The first-order chi connectivity index (χ1) is 4.22. The van der Waals surface area contributed by atoms with E-state index >= 15 is 0 Å². The Hall–Kier alpha value is -0.830. The van der Waals surface area contributed by atoms with Gasteiger partial charge >= 0.3 is 0 Å². The van der Waals surface area contributed by atoms with Crippen LogP contribution in [0.5, 0.6) is 0 Å². The highest BCUT2D eigenvalue weighted by Crippen LogP contribution is 1.77. The summed E-state index contributed by atoms with van der Waals surface area (Å²) >= 11 is 0. The number of hydrogen-bond acceptors (Lipinski definition) is 2. The zero-order valence-corrected chi connectivity index (χ0v) is 5.98. The van der Waals surface area contributed by atoms with Crippen LogP contribution in [0.25, 0.3) is 0 Å². The first-order valence-corrected chi connectivity index (χ1v) is 3.51. The zero-order chi connectivity index (χ0) is 7.28. The van der Waals surface area contributed by atoms with E-state index < -0.39 is 10.3 Å². The third kappa shape index (κ3) is 2.87. The predicted octanol–water partition coefficient (Wildman–Crippen LogP) is 0.800. The van der Waals surface area contributed by atoms with Crippen molar-refractivity contribution in [3.05, 3.63) is 24.8 Å². The Morgan fingerprint density at radius 1 is 1.56 bits per heavy atom. The molecule has 0 heterocycles. The van der Waals surface area contributed by atoms with Crippen LogP contribution in [-0.4, -0.2) is 13.3 Å². The lowest BCUT2D eigenvalue weighted by Crippen LogP contribution is -1.86. The maximum absolute atomic E-state index is 10.2. The van der Waals surface area contributed by atoms with E-state index in [2.05, 4.69) is 6.58 Å². The van der Waals surface area contributed by atoms with Crippen LogP contribution in [0.3, 0.4) is 0 Å². The van der Waals surface area contributed by atoms with Crippen LogP contribution >= 0.6 is 0 Å². The lowest BCUT2D eigenvalue weighted by molar-refractivity contribution is 0.627. The summed E-state index contributed by atoms with van der Waals surface area (Å²) in [6, 6.07) is 0. The van der Waals surface area contributed by atoms with Gasteiger partial charge in [-0.3, -0.25) is 0 Å². The first kappa shape index (κ1) is 8.17. The van der Waals surface area contributed by atoms with E-state index in [1.165, 1.54) is 12.2 Å². The van der Waals surface area contributed by atoms with Crippen LogP contribution in [0.1, 0.15) is 6.92 Å². The van der Waals surface area contributed by atoms with Gasteiger partial charge in [0.2, 0.25) is 10.3 Å².